The summed E-state index contributed by atoms with van der Waals surface area (Å²) in [5.74, 6) is 2.58. The highest BCUT2D eigenvalue weighted by Crippen LogP contribution is 2.38. The molecule has 1 aliphatic heterocycles. The summed E-state index contributed by atoms with van der Waals surface area (Å²) < 4.78 is 22.7. The average Bonchev–Trinajstić information content (AvgIpc) is 3.59. The summed E-state index contributed by atoms with van der Waals surface area (Å²) in [7, 11) is -0.00148. The quantitative estimate of drug-likeness (QED) is 0.164. The average molecular weight is 634 g/mol. The van der Waals surface area contributed by atoms with Gasteiger partial charge < -0.3 is 28.9 Å². The molecule has 0 spiro atoms. The van der Waals surface area contributed by atoms with Gasteiger partial charge >= 0.3 is 11.7 Å². The van der Waals surface area contributed by atoms with E-state index in [9.17, 15) is 24.6 Å². The third kappa shape index (κ3) is 7.82. The SMILES string of the molecule is C[C@H](OCC1OC(n2ccc(=O)[nH]c2=O)C(O)(C#CCl)C1O)C(=O)OC1CCCC1.NPOc1cccc2ccccc12. The van der Waals surface area contributed by atoms with Crippen LogP contribution in [0.3, 0.4) is 0 Å². The smallest absolute Gasteiger partial charge is 0.335 e. The normalized spacial score (nSPS) is 24.3. The molecule has 2 aromatic carbocycles. The lowest BCUT2D eigenvalue weighted by Gasteiger charge is -2.26. The summed E-state index contributed by atoms with van der Waals surface area (Å²) in [6.07, 6.45) is -0.501. The van der Waals surface area contributed by atoms with E-state index >= 15 is 0 Å². The zero-order valence-electron chi connectivity index (χ0n) is 23.3. The van der Waals surface area contributed by atoms with Crippen LogP contribution in [0.4, 0.5) is 0 Å². The van der Waals surface area contributed by atoms with Gasteiger partial charge in [0.2, 0.25) is 5.60 Å². The summed E-state index contributed by atoms with van der Waals surface area (Å²) in [5.41, 5.74) is 1.59. The van der Waals surface area contributed by atoms with Crippen molar-refractivity contribution in [3.05, 3.63) is 75.6 Å². The maximum absolute atomic E-state index is 12.2. The summed E-state index contributed by atoms with van der Waals surface area (Å²) in [6.45, 7) is 1.22. The standard InChI is InChI=1S/C19H23ClN2O8.C10H10NOP/c1-11(16(25)29-12-4-2-3-5-12)28-10-13-15(24)19(27,7-8-20)17(30-13)22-9-6-14(23)21-18(22)26;11-13-12-10-7-3-5-8-4-1-2-6-9(8)10/h6,9,11-13,15,17,24,27H,2-5,10H2,1H3,(H,21,23,26);1-7,13H,11H2/t11-,13?,15?,17?,19?;/m0./s1. The second kappa shape index (κ2) is 14.9. The lowest BCUT2D eigenvalue weighted by atomic mass is 9.95. The van der Waals surface area contributed by atoms with Gasteiger partial charge in [-0.05, 0) is 61.6 Å². The Kier molecular flexibility index (Phi) is 11.3. The van der Waals surface area contributed by atoms with Crippen LogP contribution in [-0.4, -0.2) is 62.4 Å². The first-order valence-corrected chi connectivity index (χ1v) is 15.0. The van der Waals surface area contributed by atoms with Gasteiger partial charge in [0.25, 0.3) is 5.56 Å². The summed E-state index contributed by atoms with van der Waals surface area (Å²) >= 11 is 5.43. The number of H-pyrrole nitrogens is 1. The van der Waals surface area contributed by atoms with Crippen molar-refractivity contribution in [2.45, 2.75) is 68.9 Å². The van der Waals surface area contributed by atoms with Crippen LogP contribution in [0.2, 0.25) is 0 Å². The highest BCUT2D eigenvalue weighted by Gasteiger charge is 2.56. The molecule has 12 nitrogen and oxygen atoms in total. The molecule has 1 aromatic heterocycles. The molecule has 1 aliphatic carbocycles. The molecule has 5 rings (SSSR count). The van der Waals surface area contributed by atoms with E-state index in [4.69, 9.17) is 35.8 Å². The number of nitrogens with zero attached hydrogens (tertiary/aromatic N) is 1. The van der Waals surface area contributed by atoms with Crippen LogP contribution < -0.4 is 21.3 Å². The fourth-order valence-corrected chi connectivity index (χ4v) is 5.38. The Hall–Kier alpha value is -3.27. The van der Waals surface area contributed by atoms with Gasteiger partial charge in [-0.3, -0.25) is 19.8 Å². The van der Waals surface area contributed by atoms with Crippen molar-refractivity contribution >= 4 is 37.3 Å². The lowest BCUT2D eigenvalue weighted by molar-refractivity contribution is -0.164. The Bertz CT molecular complexity index is 1580. The van der Waals surface area contributed by atoms with Crippen LogP contribution in [0.5, 0.6) is 5.75 Å². The summed E-state index contributed by atoms with van der Waals surface area (Å²) in [4.78, 5) is 37.6. The molecule has 0 radical (unpaired) electrons. The molecule has 2 fully saturated rings. The van der Waals surface area contributed by atoms with Gasteiger partial charge in [-0.2, -0.15) is 0 Å². The molecule has 230 valence electrons. The summed E-state index contributed by atoms with van der Waals surface area (Å²) in [5, 5.41) is 25.7. The molecule has 3 aromatic rings. The van der Waals surface area contributed by atoms with E-state index in [-0.39, 0.29) is 21.7 Å². The lowest BCUT2D eigenvalue weighted by Crippen LogP contribution is -2.48. The molecule has 0 bridgehead atoms. The monoisotopic (exact) mass is 633 g/mol. The predicted octanol–water partition coefficient (Wildman–Crippen LogP) is 2.30. The zero-order valence-corrected chi connectivity index (χ0v) is 25.0. The molecule has 2 aliphatic rings. The van der Waals surface area contributed by atoms with Gasteiger partial charge in [-0.25, -0.2) is 9.59 Å². The number of nitrogens with two attached hydrogens (primary N) is 1. The molecular formula is C29H33ClN3O9P. The number of ether oxygens (including phenoxy) is 3. The van der Waals surface area contributed by atoms with E-state index in [2.05, 4.69) is 18.1 Å². The molecule has 2 heterocycles. The van der Waals surface area contributed by atoms with Crippen molar-refractivity contribution in [3.8, 4) is 17.0 Å². The highest BCUT2D eigenvalue weighted by molar-refractivity contribution is 7.29. The van der Waals surface area contributed by atoms with E-state index in [0.29, 0.717) is 0 Å². The molecular weight excluding hydrogens is 601 g/mol. The van der Waals surface area contributed by atoms with E-state index in [0.717, 1.165) is 53.6 Å². The van der Waals surface area contributed by atoms with E-state index in [1.54, 1.807) is 0 Å². The molecule has 14 heteroatoms. The van der Waals surface area contributed by atoms with E-state index in [1.165, 1.54) is 12.3 Å². The number of benzene rings is 2. The van der Waals surface area contributed by atoms with Gasteiger partial charge in [0.1, 0.15) is 33.0 Å². The van der Waals surface area contributed by atoms with Crippen LogP contribution in [0.1, 0.15) is 38.8 Å². The number of carbonyl (C=O) groups is 1. The van der Waals surface area contributed by atoms with Gasteiger partial charge in [0, 0.05) is 23.0 Å². The number of hydrogen-bond acceptors (Lipinski definition) is 10. The highest BCUT2D eigenvalue weighted by atomic mass is 35.5. The molecule has 0 amide bonds. The zero-order chi connectivity index (χ0) is 31.0. The van der Waals surface area contributed by atoms with Gasteiger partial charge in [0.05, 0.1) is 6.61 Å². The predicted molar refractivity (Wildman–Crippen MR) is 161 cm³/mol. The molecule has 5 N–H and O–H groups in total. The Morgan fingerprint density at radius 2 is 1.95 bits per heavy atom. The molecule has 6 atom stereocenters. The van der Waals surface area contributed by atoms with Gasteiger partial charge in [0.15, 0.2) is 12.3 Å². The third-order valence-corrected chi connectivity index (χ3v) is 7.61. The van der Waals surface area contributed by atoms with Crippen LogP contribution in [0.15, 0.2) is 64.3 Å². The number of aromatic amines is 1. The van der Waals surface area contributed by atoms with Crippen LogP contribution in [0, 0.1) is 11.3 Å². The second-order valence-corrected chi connectivity index (χ2v) is 10.7. The van der Waals surface area contributed by atoms with Crippen molar-refractivity contribution in [1.29, 1.82) is 0 Å². The van der Waals surface area contributed by atoms with Gasteiger partial charge in [-0.1, -0.05) is 36.4 Å². The van der Waals surface area contributed by atoms with Crippen LogP contribution in [0.25, 0.3) is 10.8 Å². The number of hydrogen-bond donors (Lipinski definition) is 4. The number of aliphatic hydroxyl groups is 2. The van der Waals surface area contributed by atoms with Gasteiger partial charge in [-0.15, -0.1) is 0 Å². The molecule has 1 saturated heterocycles. The minimum absolute atomic E-state index is 0.00148. The van der Waals surface area contributed by atoms with Crippen LogP contribution >= 0.6 is 20.6 Å². The Morgan fingerprint density at radius 3 is 2.65 bits per heavy atom. The number of esters is 1. The van der Waals surface area contributed by atoms with E-state index < -0.39 is 47.4 Å². The molecule has 1 saturated carbocycles. The third-order valence-electron chi connectivity index (χ3n) is 7.18. The Labute approximate surface area is 254 Å². The topological polar surface area (TPSA) is 175 Å². The largest absolute Gasteiger partial charge is 0.461 e. The maximum atomic E-state index is 12.2. The minimum Gasteiger partial charge on any atom is -0.461 e. The first-order chi connectivity index (χ1) is 20.7. The van der Waals surface area contributed by atoms with E-state index in [1.807, 2.05) is 40.7 Å². The molecule has 5 unspecified atom stereocenters. The fraction of sp³-hybridized carbons (Fsp3) is 0.414. The van der Waals surface area contributed by atoms with Crippen molar-refractivity contribution in [2.24, 2.45) is 5.50 Å². The number of carbonyl (C=O) groups excluding carboxylic acids is 1. The number of nitrogens with one attached hydrogen (secondary N) is 1. The second-order valence-electron chi connectivity index (χ2n) is 10.1. The van der Waals surface area contributed by atoms with Crippen molar-refractivity contribution < 1.29 is 33.7 Å². The van der Waals surface area contributed by atoms with Crippen molar-refractivity contribution in [3.63, 3.8) is 0 Å². The Morgan fingerprint density at radius 1 is 1.23 bits per heavy atom. The maximum Gasteiger partial charge on any atom is 0.335 e. The number of halogens is 1. The minimum atomic E-state index is -2.26. The fourth-order valence-electron chi connectivity index (χ4n) is 4.93. The van der Waals surface area contributed by atoms with Crippen molar-refractivity contribution in [2.75, 3.05) is 6.61 Å². The summed E-state index contributed by atoms with van der Waals surface area (Å²) in [6, 6.07) is 15.1. The Balaban J connectivity index is 0.000000269. The van der Waals surface area contributed by atoms with Crippen molar-refractivity contribution in [1.82, 2.24) is 9.55 Å². The first-order valence-electron chi connectivity index (χ1n) is 13.6. The first kappa shape index (κ1) is 32.6. The number of aromatic nitrogens is 2. The number of aliphatic hydroxyl groups excluding tert-OH is 1. The van der Waals surface area contributed by atoms with Crippen LogP contribution in [-0.2, 0) is 19.0 Å². The molecule has 43 heavy (non-hydrogen) atoms. The number of fused-ring (bicyclic) bond motifs is 1. The number of rotatable bonds is 8.